The summed E-state index contributed by atoms with van der Waals surface area (Å²) >= 11 is 7.34. The van der Waals surface area contributed by atoms with Crippen LogP contribution in [0.2, 0.25) is 5.28 Å². The number of halogens is 3. The number of nitrogens with zero attached hydrogens (tertiary/aromatic N) is 3. The van der Waals surface area contributed by atoms with Crippen molar-refractivity contribution in [1.82, 2.24) is 15.0 Å². The maximum atomic E-state index is 15.9. The molecule has 0 aliphatic heterocycles. The molecule has 2 N–H and O–H groups in total. The van der Waals surface area contributed by atoms with Gasteiger partial charge in [0.1, 0.15) is 11.7 Å². The van der Waals surface area contributed by atoms with Gasteiger partial charge < -0.3 is 5.73 Å². The third kappa shape index (κ3) is 3.64. The Hall–Kier alpha value is -2.97. The van der Waals surface area contributed by atoms with E-state index in [9.17, 15) is 9.18 Å². The third-order valence-corrected chi connectivity index (χ3v) is 5.92. The molecule has 2 atom stereocenters. The van der Waals surface area contributed by atoms with Gasteiger partial charge in [-0.2, -0.15) is 0 Å². The Bertz CT molecular complexity index is 1210. The van der Waals surface area contributed by atoms with Crippen LogP contribution in [0.5, 0.6) is 0 Å². The van der Waals surface area contributed by atoms with Crippen LogP contribution in [-0.2, 0) is 10.5 Å². The zero-order chi connectivity index (χ0) is 21.5. The predicted octanol–water partition coefficient (Wildman–Crippen LogP) is 4.92. The number of aryl methyl sites for hydroxylation is 1. The minimum Gasteiger partial charge on any atom is -0.369 e. The molecule has 0 saturated heterocycles. The standard InChI is InChI=1S/C21H15ClF2N4OS/c1-11-27-17(18(30-11)16-6-8-26-20(22)28-16)12-3-2-4-13(9-12)21(24)7-5-14(23)10-15(21)19(25)29/h2-10,15H,1H3,(H2,25,29). The Morgan fingerprint density at radius 1 is 1.30 bits per heavy atom. The second-order valence-corrected chi connectivity index (χ2v) is 8.28. The minimum atomic E-state index is -2.28. The molecule has 0 radical (unpaired) electrons. The van der Waals surface area contributed by atoms with E-state index in [4.69, 9.17) is 17.3 Å². The topological polar surface area (TPSA) is 81.8 Å². The first-order chi connectivity index (χ1) is 14.3. The van der Waals surface area contributed by atoms with Gasteiger partial charge in [-0.1, -0.05) is 18.2 Å². The molecule has 1 amide bonds. The Balaban J connectivity index is 1.83. The fraction of sp³-hybridized carbons (Fsp3) is 0.143. The molecule has 3 aromatic rings. The molecule has 1 aromatic carbocycles. The molecule has 4 rings (SSSR count). The highest BCUT2D eigenvalue weighted by Gasteiger charge is 2.43. The Kier molecular flexibility index (Phi) is 5.21. The summed E-state index contributed by atoms with van der Waals surface area (Å²) in [6.45, 7) is 1.85. The highest BCUT2D eigenvalue weighted by atomic mass is 35.5. The van der Waals surface area contributed by atoms with Gasteiger partial charge in [0.25, 0.3) is 0 Å². The lowest BCUT2D eigenvalue weighted by Crippen LogP contribution is -2.38. The lowest BCUT2D eigenvalue weighted by atomic mass is 9.79. The van der Waals surface area contributed by atoms with Crippen molar-refractivity contribution >= 4 is 28.8 Å². The number of hydrogen-bond acceptors (Lipinski definition) is 5. The van der Waals surface area contributed by atoms with Crippen LogP contribution in [0.3, 0.4) is 0 Å². The van der Waals surface area contributed by atoms with Crippen LogP contribution in [0, 0.1) is 12.8 Å². The van der Waals surface area contributed by atoms with Crippen molar-refractivity contribution in [2.24, 2.45) is 11.7 Å². The summed E-state index contributed by atoms with van der Waals surface area (Å²) in [7, 11) is 0. The Labute approximate surface area is 180 Å². The first-order valence-corrected chi connectivity index (χ1v) is 10.1. The minimum absolute atomic E-state index is 0.103. The lowest BCUT2D eigenvalue weighted by molar-refractivity contribution is -0.123. The summed E-state index contributed by atoms with van der Waals surface area (Å²) in [5.41, 5.74) is 5.04. The molecular weight excluding hydrogens is 430 g/mol. The quantitative estimate of drug-likeness (QED) is 0.579. The van der Waals surface area contributed by atoms with Crippen LogP contribution in [0.4, 0.5) is 8.78 Å². The number of primary amides is 1. The van der Waals surface area contributed by atoms with Gasteiger partial charge in [-0.25, -0.2) is 23.7 Å². The zero-order valence-corrected chi connectivity index (χ0v) is 17.2. The van der Waals surface area contributed by atoms with Gasteiger partial charge in [-0.05, 0) is 54.4 Å². The monoisotopic (exact) mass is 444 g/mol. The number of nitrogens with two attached hydrogens (primary N) is 1. The molecule has 30 heavy (non-hydrogen) atoms. The average molecular weight is 445 g/mol. The Morgan fingerprint density at radius 2 is 2.10 bits per heavy atom. The molecule has 2 unspecified atom stereocenters. The van der Waals surface area contributed by atoms with Gasteiger partial charge in [-0.3, -0.25) is 4.79 Å². The molecule has 2 heterocycles. The normalized spacial score (nSPS) is 20.8. The summed E-state index contributed by atoms with van der Waals surface area (Å²) in [5.74, 6) is -3.13. The van der Waals surface area contributed by atoms with E-state index in [0.29, 0.717) is 17.0 Å². The number of amides is 1. The number of alkyl halides is 1. The number of benzene rings is 1. The number of aromatic nitrogens is 3. The van der Waals surface area contributed by atoms with Crippen molar-refractivity contribution < 1.29 is 13.6 Å². The SMILES string of the molecule is Cc1nc(-c2cccc(C3(F)C=CC(F)=CC3C(N)=O)c2)c(-c2ccnc(Cl)n2)s1. The molecule has 9 heteroatoms. The number of hydrogen-bond donors (Lipinski definition) is 1. The molecule has 0 spiro atoms. The van der Waals surface area contributed by atoms with E-state index in [1.54, 1.807) is 30.5 Å². The molecule has 1 aliphatic rings. The van der Waals surface area contributed by atoms with Crippen LogP contribution in [0.25, 0.3) is 21.8 Å². The fourth-order valence-electron chi connectivity index (χ4n) is 3.37. The van der Waals surface area contributed by atoms with E-state index in [2.05, 4.69) is 15.0 Å². The van der Waals surface area contributed by atoms with E-state index < -0.39 is 23.3 Å². The molecule has 1 aliphatic carbocycles. The summed E-state index contributed by atoms with van der Waals surface area (Å²) in [5, 5.41) is 0.888. The van der Waals surface area contributed by atoms with Gasteiger partial charge in [0.05, 0.1) is 21.3 Å². The van der Waals surface area contributed by atoms with E-state index in [0.717, 1.165) is 28.1 Å². The van der Waals surface area contributed by atoms with E-state index in [-0.39, 0.29) is 10.8 Å². The highest BCUT2D eigenvalue weighted by Crippen LogP contribution is 2.43. The van der Waals surface area contributed by atoms with Crippen LogP contribution in [0.1, 0.15) is 10.6 Å². The van der Waals surface area contributed by atoms with Crippen LogP contribution in [-0.4, -0.2) is 20.9 Å². The second kappa shape index (κ2) is 7.70. The molecule has 5 nitrogen and oxygen atoms in total. The van der Waals surface area contributed by atoms with Crippen molar-refractivity contribution in [3.05, 3.63) is 76.4 Å². The smallest absolute Gasteiger partial charge is 0.228 e. The number of thiazole rings is 1. The number of carbonyl (C=O) groups excluding carboxylic acids is 1. The fourth-order valence-corrected chi connectivity index (χ4v) is 4.43. The summed E-state index contributed by atoms with van der Waals surface area (Å²) in [6, 6.07) is 8.25. The van der Waals surface area contributed by atoms with Crippen LogP contribution >= 0.6 is 22.9 Å². The van der Waals surface area contributed by atoms with Gasteiger partial charge >= 0.3 is 0 Å². The van der Waals surface area contributed by atoms with Crippen molar-refractivity contribution in [1.29, 1.82) is 0 Å². The number of rotatable bonds is 4. The molecule has 2 aromatic heterocycles. The first-order valence-electron chi connectivity index (χ1n) is 8.90. The highest BCUT2D eigenvalue weighted by molar-refractivity contribution is 7.15. The number of carbonyl (C=O) groups is 1. The zero-order valence-electron chi connectivity index (χ0n) is 15.6. The Morgan fingerprint density at radius 3 is 2.83 bits per heavy atom. The van der Waals surface area contributed by atoms with Crippen molar-refractivity contribution in [3.8, 4) is 21.8 Å². The van der Waals surface area contributed by atoms with Crippen molar-refractivity contribution in [2.75, 3.05) is 0 Å². The number of allylic oxidation sites excluding steroid dienone is 3. The lowest BCUT2D eigenvalue weighted by Gasteiger charge is -2.30. The molecular formula is C21H15ClF2N4OS. The maximum absolute atomic E-state index is 15.9. The van der Waals surface area contributed by atoms with Gasteiger partial charge in [0.15, 0.2) is 5.67 Å². The van der Waals surface area contributed by atoms with Gasteiger partial charge in [0.2, 0.25) is 11.2 Å². The average Bonchev–Trinajstić information content (AvgIpc) is 3.12. The van der Waals surface area contributed by atoms with E-state index in [1.807, 2.05) is 6.92 Å². The second-order valence-electron chi connectivity index (χ2n) is 6.74. The summed E-state index contributed by atoms with van der Waals surface area (Å²) < 4.78 is 29.6. The molecule has 0 saturated carbocycles. The molecule has 152 valence electrons. The predicted molar refractivity (Wildman–Crippen MR) is 112 cm³/mol. The largest absolute Gasteiger partial charge is 0.369 e. The summed E-state index contributed by atoms with van der Waals surface area (Å²) in [6.07, 6.45) is 4.46. The van der Waals surface area contributed by atoms with E-state index >= 15 is 4.39 Å². The van der Waals surface area contributed by atoms with Crippen LogP contribution in [0.15, 0.2) is 60.6 Å². The maximum Gasteiger partial charge on any atom is 0.228 e. The van der Waals surface area contributed by atoms with E-state index in [1.165, 1.54) is 17.4 Å². The first kappa shape index (κ1) is 20.3. The van der Waals surface area contributed by atoms with Gasteiger partial charge in [-0.15, -0.1) is 11.3 Å². The van der Waals surface area contributed by atoms with Gasteiger partial charge in [0, 0.05) is 11.8 Å². The van der Waals surface area contributed by atoms with Crippen LogP contribution < -0.4 is 5.73 Å². The molecule has 0 fully saturated rings. The van der Waals surface area contributed by atoms with Crippen molar-refractivity contribution in [2.45, 2.75) is 12.6 Å². The van der Waals surface area contributed by atoms with Crippen molar-refractivity contribution in [3.63, 3.8) is 0 Å². The third-order valence-electron chi connectivity index (χ3n) is 4.74. The summed E-state index contributed by atoms with van der Waals surface area (Å²) in [4.78, 5) is 25.3. The molecule has 0 bridgehead atoms.